The number of nitrogens with zero attached hydrogens (tertiary/aromatic N) is 1. The minimum absolute atomic E-state index is 0.0905. The van der Waals surface area contributed by atoms with Crippen LogP contribution < -0.4 is 10.6 Å². The summed E-state index contributed by atoms with van der Waals surface area (Å²) in [5, 5.41) is 48.4. The highest BCUT2D eigenvalue weighted by molar-refractivity contribution is 6.01. The molecule has 14 nitrogen and oxygen atoms in total. The molecule has 3 fully saturated rings. The summed E-state index contributed by atoms with van der Waals surface area (Å²) < 4.78 is 22.2. The molecule has 0 unspecified atom stereocenters. The third kappa shape index (κ3) is 5.69. The van der Waals surface area contributed by atoms with Crippen molar-refractivity contribution >= 4 is 23.6 Å². The summed E-state index contributed by atoms with van der Waals surface area (Å²) in [6, 6.07) is 6.46. The number of benzene rings is 1. The van der Waals surface area contributed by atoms with Crippen molar-refractivity contribution in [1.82, 2.24) is 10.6 Å². The van der Waals surface area contributed by atoms with Crippen LogP contribution in [0.3, 0.4) is 0 Å². The van der Waals surface area contributed by atoms with Gasteiger partial charge in [-0.1, -0.05) is 42.8 Å². The van der Waals surface area contributed by atoms with Crippen molar-refractivity contribution in [2.24, 2.45) is 22.7 Å². The van der Waals surface area contributed by atoms with Gasteiger partial charge < -0.3 is 35.5 Å². The number of nitrogens with one attached hydrogen (secondary N) is 2. The van der Waals surface area contributed by atoms with E-state index in [1.165, 1.54) is 25.2 Å². The molecule has 254 valence electrons. The Hall–Kier alpha value is -4.21. The van der Waals surface area contributed by atoms with Crippen molar-refractivity contribution in [2.45, 2.75) is 76.2 Å². The molecule has 0 aromatic heterocycles. The molecule has 47 heavy (non-hydrogen) atoms. The maximum absolute atomic E-state index is 17.2. The van der Waals surface area contributed by atoms with Crippen LogP contribution in [0.15, 0.2) is 48.1 Å². The lowest BCUT2D eigenvalue weighted by Gasteiger charge is -2.62. The summed E-state index contributed by atoms with van der Waals surface area (Å²) in [5.74, 6) is -3.44. The van der Waals surface area contributed by atoms with Crippen molar-refractivity contribution in [3.05, 3.63) is 69.3 Å². The zero-order valence-corrected chi connectivity index (χ0v) is 25.9. The van der Waals surface area contributed by atoms with E-state index < -0.39 is 82.2 Å². The van der Waals surface area contributed by atoms with E-state index in [2.05, 4.69) is 15.5 Å². The van der Waals surface area contributed by atoms with Gasteiger partial charge in [0.1, 0.15) is 13.2 Å². The number of rotatable bonds is 10. The summed E-state index contributed by atoms with van der Waals surface area (Å²) in [6.45, 7) is 1.58. The second-order valence-corrected chi connectivity index (χ2v) is 13.2. The van der Waals surface area contributed by atoms with Gasteiger partial charge in [0.2, 0.25) is 11.7 Å². The lowest BCUT2D eigenvalue weighted by Crippen LogP contribution is -2.69. The molecule has 5 N–H and O–H groups in total. The predicted molar refractivity (Wildman–Crippen MR) is 159 cm³/mol. The molecule has 1 aromatic carbocycles. The van der Waals surface area contributed by atoms with E-state index in [1.807, 2.05) is 0 Å². The van der Waals surface area contributed by atoms with Gasteiger partial charge in [-0.15, -0.1) is 10.1 Å². The van der Waals surface area contributed by atoms with E-state index in [4.69, 9.17) is 4.74 Å². The summed E-state index contributed by atoms with van der Waals surface area (Å²) in [4.78, 5) is 64.6. The molecule has 0 heterocycles. The summed E-state index contributed by atoms with van der Waals surface area (Å²) in [6.07, 6.45) is -0.128. The number of Topliss-reactive ketones (excluding diaryl/α,β-unsaturated/α-hetero) is 1. The number of ketones is 2. The van der Waals surface area contributed by atoms with Crippen molar-refractivity contribution in [3.8, 4) is 0 Å². The Morgan fingerprint density at radius 1 is 1.09 bits per heavy atom. The Morgan fingerprint density at radius 3 is 2.45 bits per heavy atom. The lowest BCUT2D eigenvalue weighted by molar-refractivity contribution is -0.763. The van der Waals surface area contributed by atoms with Gasteiger partial charge in [-0.25, -0.2) is 9.18 Å². The Kier molecular flexibility index (Phi) is 9.03. The maximum Gasteiger partial charge on any atom is 0.408 e. The number of carbonyl (C=O) groups excluding carboxylic acids is 4. The number of halogens is 1. The number of fused-ring (bicyclic) bond motifs is 5. The van der Waals surface area contributed by atoms with Crippen molar-refractivity contribution in [1.29, 1.82) is 0 Å². The molecule has 0 saturated heterocycles. The van der Waals surface area contributed by atoms with E-state index in [1.54, 1.807) is 31.2 Å². The first-order valence-electron chi connectivity index (χ1n) is 15.3. The SMILES string of the molecule is C[C@]12C=CC(=O)C=C1CC[C@H]1[C@@H]3C[C@@H](O)[C@](O)(C(=O)COC(=O)NCC(=O)NCc4ccc(CO[N+](=O)[O-])cc4)[C@@]3(C)C[C@H](O)[C@@]12F. The van der Waals surface area contributed by atoms with Crippen LogP contribution in [-0.2, 0) is 37.1 Å². The summed E-state index contributed by atoms with van der Waals surface area (Å²) >= 11 is 0. The van der Waals surface area contributed by atoms with Crippen LogP contribution in [0.2, 0.25) is 0 Å². The zero-order valence-electron chi connectivity index (χ0n) is 25.9. The molecule has 4 aliphatic carbocycles. The first-order valence-corrected chi connectivity index (χ1v) is 15.3. The van der Waals surface area contributed by atoms with Crippen LogP contribution in [0.4, 0.5) is 9.18 Å². The van der Waals surface area contributed by atoms with Gasteiger partial charge in [0.15, 0.2) is 23.7 Å². The normalized spacial score (nSPS) is 35.4. The average molecular weight is 660 g/mol. The number of aliphatic hydroxyl groups excluding tert-OH is 2. The number of hydrogen-bond acceptors (Lipinski definition) is 11. The minimum atomic E-state index is -2.46. The van der Waals surface area contributed by atoms with Gasteiger partial charge in [-0.05, 0) is 61.8 Å². The molecule has 4 aliphatic rings. The molecular formula is C32H38FN3O11. The first-order chi connectivity index (χ1) is 22.1. The Bertz CT molecular complexity index is 1530. The monoisotopic (exact) mass is 659 g/mol. The minimum Gasteiger partial charge on any atom is -0.441 e. The smallest absolute Gasteiger partial charge is 0.408 e. The number of alkyl halides is 1. The van der Waals surface area contributed by atoms with E-state index >= 15 is 4.39 Å². The van der Waals surface area contributed by atoms with Crippen LogP contribution in [0, 0.1) is 32.8 Å². The number of hydrogen-bond donors (Lipinski definition) is 5. The molecule has 0 bridgehead atoms. The molecule has 1 aromatic rings. The molecule has 15 heteroatoms. The fraction of sp³-hybridized carbons (Fsp3) is 0.562. The van der Waals surface area contributed by atoms with E-state index in [0.29, 0.717) is 23.1 Å². The molecule has 0 radical (unpaired) electrons. The van der Waals surface area contributed by atoms with Gasteiger partial charge in [0.05, 0.1) is 12.2 Å². The van der Waals surface area contributed by atoms with Gasteiger partial charge in [0.25, 0.3) is 5.09 Å². The zero-order chi connectivity index (χ0) is 34.4. The predicted octanol–water partition coefficient (Wildman–Crippen LogP) is 1.38. The van der Waals surface area contributed by atoms with Gasteiger partial charge in [-0.3, -0.25) is 14.4 Å². The van der Waals surface area contributed by atoms with E-state index in [-0.39, 0.29) is 38.2 Å². The molecule has 5 rings (SSSR count). The van der Waals surface area contributed by atoms with Gasteiger partial charge in [0, 0.05) is 23.3 Å². The van der Waals surface area contributed by atoms with E-state index in [0.717, 1.165) is 0 Å². The first kappa shape index (κ1) is 34.1. The number of allylic oxidation sites excluding steroid dienone is 4. The van der Waals surface area contributed by atoms with Crippen LogP contribution in [0.5, 0.6) is 0 Å². The quantitative estimate of drug-likeness (QED) is 0.179. The van der Waals surface area contributed by atoms with Crippen LogP contribution in [0.1, 0.15) is 50.7 Å². The Morgan fingerprint density at radius 2 is 1.77 bits per heavy atom. The number of ether oxygens (including phenoxy) is 1. The van der Waals surface area contributed by atoms with Gasteiger partial charge in [-0.2, -0.15) is 0 Å². The number of carbonyl (C=O) groups is 4. The second-order valence-electron chi connectivity index (χ2n) is 13.2. The molecular weight excluding hydrogens is 621 g/mol. The average Bonchev–Trinajstić information content (AvgIpc) is 3.23. The van der Waals surface area contributed by atoms with Gasteiger partial charge >= 0.3 is 6.09 Å². The largest absolute Gasteiger partial charge is 0.441 e. The second kappa shape index (κ2) is 12.4. The third-order valence-electron chi connectivity index (χ3n) is 10.9. The van der Waals surface area contributed by atoms with Crippen LogP contribution in [0.25, 0.3) is 0 Å². The number of aliphatic hydroxyl groups is 3. The molecule has 0 spiro atoms. The van der Waals surface area contributed by atoms with Crippen LogP contribution >= 0.6 is 0 Å². The van der Waals surface area contributed by atoms with Crippen molar-refractivity contribution in [2.75, 3.05) is 13.2 Å². The lowest BCUT2D eigenvalue weighted by atomic mass is 9.44. The summed E-state index contributed by atoms with van der Waals surface area (Å²) in [5.41, 5.74) is -5.63. The van der Waals surface area contributed by atoms with Crippen LogP contribution in [-0.4, -0.2) is 80.6 Å². The Labute approximate surface area is 269 Å². The standard InChI is InChI=1S/C32H38FN3O11/c1-29-10-9-21(37)11-20(29)7-8-22-23-12-24(38)32(43,30(23,2)13-25(39)31(22,29)33)26(40)17-46-28(42)35-15-27(41)34-14-18-3-5-19(6-4-18)16-47-36(44)45/h3-6,9-11,22-25,38-39,43H,7-8,12-17H2,1-2H3,(H,34,41)(H,35,42)/t22-,23-,24+,25-,29-,30-,31-,32-/m0/s1. The van der Waals surface area contributed by atoms with E-state index in [9.17, 15) is 44.6 Å². The fourth-order valence-corrected chi connectivity index (χ4v) is 8.32. The molecule has 8 atom stereocenters. The topological polar surface area (TPSA) is 215 Å². The number of alkyl carbamates (subject to hydrolysis) is 1. The fourth-order valence-electron chi connectivity index (χ4n) is 8.32. The summed E-state index contributed by atoms with van der Waals surface area (Å²) in [7, 11) is 0. The highest BCUT2D eigenvalue weighted by Gasteiger charge is 2.76. The van der Waals surface area contributed by atoms with Crippen molar-refractivity contribution < 1.29 is 53.5 Å². The molecule has 2 amide bonds. The molecule has 0 aliphatic heterocycles. The highest BCUT2D eigenvalue weighted by atomic mass is 19.1. The maximum atomic E-state index is 17.2. The molecule has 3 saturated carbocycles. The number of amides is 2. The Balaban J connectivity index is 1.16. The highest BCUT2D eigenvalue weighted by Crippen LogP contribution is 2.69. The third-order valence-corrected chi connectivity index (χ3v) is 10.9. The van der Waals surface area contributed by atoms with Crippen molar-refractivity contribution in [3.63, 3.8) is 0 Å².